The number of pyridine rings is 1. The van der Waals surface area contributed by atoms with Gasteiger partial charge in [0.25, 0.3) is 0 Å². The Morgan fingerprint density at radius 2 is 0.795 bits per heavy atom. The average molecular weight is 592 g/mol. The Hall–Kier alpha value is -3.47. The number of unbranched alkanes of at least 4 members (excludes halogenated alkanes) is 14. The zero-order valence-corrected chi connectivity index (χ0v) is 27.3. The lowest BCUT2D eigenvalue weighted by Crippen LogP contribution is -2.04. The fraction of sp³-hybridized carbons (Fsp3) is 0.513. The highest BCUT2D eigenvalue weighted by molar-refractivity contribution is 5.82. The molecule has 0 atom stereocenters. The van der Waals surface area contributed by atoms with Gasteiger partial charge in [0.05, 0.1) is 22.1 Å². The molecule has 234 valence electrons. The lowest BCUT2D eigenvalue weighted by atomic mass is 10.1. The Morgan fingerprint density at radius 1 is 0.409 bits per heavy atom. The van der Waals surface area contributed by atoms with Gasteiger partial charge in [-0.15, -0.1) is 0 Å². The van der Waals surface area contributed by atoms with E-state index < -0.39 is 0 Å². The predicted molar refractivity (Wildman–Crippen MR) is 187 cm³/mol. The van der Waals surface area contributed by atoms with Crippen LogP contribution >= 0.6 is 0 Å². The monoisotopic (exact) mass is 591 g/mol. The molecule has 5 aromatic rings. The number of hydrogen-bond donors (Lipinski definition) is 0. The van der Waals surface area contributed by atoms with Crippen molar-refractivity contribution in [2.75, 3.05) is 0 Å². The fourth-order valence-corrected chi connectivity index (χ4v) is 6.49. The van der Waals surface area contributed by atoms with Crippen molar-refractivity contribution < 1.29 is 0 Å². The summed E-state index contributed by atoms with van der Waals surface area (Å²) in [4.78, 5) is 15.4. The van der Waals surface area contributed by atoms with Crippen LogP contribution in [-0.4, -0.2) is 24.1 Å². The molecule has 3 heterocycles. The van der Waals surface area contributed by atoms with Gasteiger partial charge < -0.3 is 9.13 Å². The largest absolute Gasteiger partial charge is 0.323 e. The van der Waals surface area contributed by atoms with Gasteiger partial charge in [-0.05, 0) is 49.2 Å². The van der Waals surface area contributed by atoms with E-state index in [0.717, 1.165) is 60.0 Å². The van der Waals surface area contributed by atoms with Crippen molar-refractivity contribution in [2.45, 2.75) is 130 Å². The lowest BCUT2D eigenvalue weighted by Gasteiger charge is -2.12. The molecule has 44 heavy (non-hydrogen) atoms. The summed E-state index contributed by atoms with van der Waals surface area (Å²) in [5, 5.41) is 0. The van der Waals surface area contributed by atoms with Crippen molar-refractivity contribution in [3.63, 3.8) is 0 Å². The van der Waals surface area contributed by atoms with Crippen LogP contribution in [0.5, 0.6) is 0 Å². The van der Waals surface area contributed by atoms with Crippen molar-refractivity contribution in [1.82, 2.24) is 24.1 Å². The number of imidazole rings is 2. The first-order valence-corrected chi connectivity index (χ1v) is 17.7. The van der Waals surface area contributed by atoms with Crippen LogP contribution in [0.1, 0.15) is 117 Å². The summed E-state index contributed by atoms with van der Waals surface area (Å²) in [5.41, 5.74) is 6.31. The van der Waals surface area contributed by atoms with Gasteiger partial charge in [0.1, 0.15) is 11.4 Å². The second-order valence-electron chi connectivity index (χ2n) is 12.5. The van der Waals surface area contributed by atoms with Gasteiger partial charge in [-0.1, -0.05) is 134 Å². The van der Waals surface area contributed by atoms with Crippen LogP contribution in [0.3, 0.4) is 0 Å². The molecule has 0 spiro atoms. The first-order chi connectivity index (χ1) is 21.8. The van der Waals surface area contributed by atoms with E-state index in [4.69, 9.17) is 15.0 Å². The molecule has 0 aliphatic carbocycles. The number of hydrogen-bond acceptors (Lipinski definition) is 3. The highest BCUT2D eigenvalue weighted by Gasteiger charge is 2.17. The first kappa shape index (κ1) is 31.9. The zero-order chi connectivity index (χ0) is 30.4. The van der Waals surface area contributed by atoms with E-state index >= 15 is 0 Å². The molecule has 0 bridgehead atoms. The van der Waals surface area contributed by atoms with E-state index in [2.05, 4.69) is 89.7 Å². The summed E-state index contributed by atoms with van der Waals surface area (Å²) >= 11 is 0. The van der Waals surface area contributed by atoms with E-state index in [9.17, 15) is 0 Å². The second-order valence-corrected chi connectivity index (χ2v) is 12.5. The van der Waals surface area contributed by atoms with Gasteiger partial charge in [-0.3, -0.25) is 0 Å². The van der Waals surface area contributed by atoms with Crippen molar-refractivity contribution in [3.05, 3.63) is 66.7 Å². The Labute approximate surface area is 265 Å². The van der Waals surface area contributed by atoms with Gasteiger partial charge >= 0.3 is 0 Å². The fourth-order valence-electron chi connectivity index (χ4n) is 6.49. The standard InChI is InChI=1S/C39H53N5/c1-3-5-7-9-11-13-15-21-30-43-36-28-19-17-24-32(36)41-38(43)34-26-23-27-35(40-34)39-42-33-25-18-20-29-37(33)44(39)31-22-16-14-12-10-8-6-4-2/h17-20,23-29H,3-16,21-22,30-31H2,1-2H3. The SMILES string of the molecule is CCCCCCCCCCn1c(-c2cccc(-c3nc4ccccc4n3CCCCCCCCCC)n2)nc2ccccc21. The molecule has 0 saturated carbocycles. The van der Waals surface area contributed by atoms with Crippen molar-refractivity contribution in [3.8, 4) is 23.0 Å². The van der Waals surface area contributed by atoms with Gasteiger partial charge in [-0.2, -0.15) is 0 Å². The second kappa shape index (κ2) is 17.1. The molecule has 0 N–H and O–H groups in total. The van der Waals surface area contributed by atoms with Crippen LogP contribution in [0.25, 0.3) is 45.1 Å². The molecule has 5 nitrogen and oxygen atoms in total. The predicted octanol–water partition coefficient (Wildman–Crippen LogP) is 11.4. The van der Waals surface area contributed by atoms with Gasteiger partial charge in [0.15, 0.2) is 11.6 Å². The molecular formula is C39H53N5. The molecule has 0 unspecified atom stereocenters. The molecule has 3 aromatic heterocycles. The van der Waals surface area contributed by atoms with E-state index in [1.807, 2.05) is 0 Å². The number of aryl methyl sites for hydroxylation is 2. The van der Waals surface area contributed by atoms with Crippen LogP contribution in [0.4, 0.5) is 0 Å². The minimum Gasteiger partial charge on any atom is -0.323 e. The van der Waals surface area contributed by atoms with Crippen LogP contribution < -0.4 is 0 Å². The molecule has 0 radical (unpaired) electrons. The molecule has 2 aromatic carbocycles. The summed E-state index contributed by atoms with van der Waals surface area (Å²) in [5.74, 6) is 1.92. The summed E-state index contributed by atoms with van der Waals surface area (Å²) in [6, 6.07) is 23.4. The van der Waals surface area contributed by atoms with Crippen molar-refractivity contribution in [2.24, 2.45) is 0 Å². The Kier molecular flexibility index (Phi) is 12.4. The third kappa shape index (κ3) is 8.37. The van der Waals surface area contributed by atoms with E-state index in [1.54, 1.807) is 0 Å². The summed E-state index contributed by atoms with van der Waals surface area (Å²) in [6.07, 6.45) is 21.0. The normalized spacial score (nSPS) is 11.7. The maximum absolute atomic E-state index is 5.23. The van der Waals surface area contributed by atoms with Gasteiger partial charge in [0, 0.05) is 13.1 Å². The quantitative estimate of drug-likeness (QED) is 0.0846. The van der Waals surface area contributed by atoms with Crippen LogP contribution in [0, 0.1) is 0 Å². The minimum absolute atomic E-state index is 0.920. The number of fused-ring (bicyclic) bond motifs is 2. The summed E-state index contributed by atoms with van der Waals surface area (Å²) in [6.45, 7) is 6.50. The Bertz CT molecular complexity index is 1450. The van der Waals surface area contributed by atoms with Crippen LogP contribution in [0.2, 0.25) is 0 Å². The number of para-hydroxylation sites is 4. The Morgan fingerprint density at radius 3 is 1.23 bits per heavy atom. The molecular weight excluding hydrogens is 538 g/mol. The minimum atomic E-state index is 0.920. The van der Waals surface area contributed by atoms with E-state index in [-0.39, 0.29) is 0 Å². The highest BCUT2D eigenvalue weighted by atomic mass is 15.1. The van der Waals surface area contributed by atoms with E-state index in [1.165, 1.54) is 101 Å². The molecule has 0 amide bonds. The van der Waals surface area contributed by atoms with Crippen molar-refractivity contribution >= 4 is 22.1 Å². The maximum atomic E-state index is 5.23. The Balaban J connectivity index is 1.33. The zero-order valence-electron chi connectivity index (χ0n) is 27.3. The third-order valence-corrected chi connectivity index (χ3v) is 8.99. The number of rotatable bonds is 20. The van der Waals surface area contributed by atoms with E-state index in [0.29, 0.717) is 0 Å². The van der Waals surface area contributed by atoms with Crippen LogP contribution in [-0.2, 0) is 13.1 Å². The molecule has 5 rings (SSSR count). The highest BCUT2D eigenvalue weighted by Crippen LogP contribution is 2.29. The number of nitrogens with zero attached hydrogens (tertiary/aromatic N) is 5. The molecule has 0 fully saturated rings. The number of benzene rings is 2. The molecule has 5 heteroatoms. The maximum Gasteiger partial charge on any atom is 0.159 e. The lowest BCUT2D eigenvalue weighted by molar-refractivity contribution is 0.549. The molecule has 0 aliphatic rings. The topological polar surface area (TPSA) is 48.5 Å². The first-order valence-electron chi connectivity index (χ1n) is 17.7. The van der Waals surface area contributed by atoms with Gasteiger partial charge in [0.2, 0.25) is 0 Å². The average Bonchev–Trinajstić information content (AvgIpc) is 3.62. The molecule has 0 aliphatic heterocycles. The van der Waals surface area contributed by atoms with Gasteiger partial charge in [-0.25, -0.2) is 15.0 Å². The van der Waals surface area contributed by atoms with Crippen molar-refractivity contribution in [1.29, 1.82) is 0 Å². The smallest absolute Gasteiger partial charge is 0.159 e. The summed E-state index contributed by atoms with van der Waals surface area (Å²) < 4.78 is 4.78. The third-order valence-electron chi connectivity index (χ3n) is 8.99. The summed E-state index contributed by atoms with van der Waals surface area (Å²) in [7, 11) is 0. The van der Waals surface area contributed by atoms with Crippen LogP contribution in [0.15, 0.2) is 66.7 Å². The molecule has 0 saturated heterocycles. The number of aromatic nitrogens is 5.